The summed E-state index contributed by atoms with van der Waals surface area (Å²) in [4.78, 5) is 4.31. The molecule has 2 heterocycles. The monoisotopic (exact) mass is 283 g/mol. The lowest BCUT2D eigenvalue weighted by Crippen LogP contribution is -2.08. The van der Waals surface area contributed by atoms with E-state index < -0.39 is 0 Å². The van der Waals surface area contributed by atoms with Gasteiger partial charge in [-0.15, -0.1) is 5.10 Å². The molecule has 2 aromatic rings. The van der Waals surface area contributed by atoms with Gasteiger partial charge < -0.3 is 0 Å². The van der Waals surface area contributed by atoms with Crippen LogP contribution in [0.2, 0.25) is 0 Å². The van der Waals surface area contributed by atoms with Crippen molar-refractivity contribution in [2.24, 2.45) is 7.05 Å². The second kappa shape index (κ2) is 4.37. The molecule has 0 unspecified atom stereocenters. The predicted octanol–water partition coefficient (Wildman–Crippen LogP) is 1.89. The number of hydrogen-bond donors (Lipinski definition) is 0. The molecule has 0 aromatic carbocycles. The number of hydrogen-bond acceptors (Lipinski definition) is 3. The van der Waals surface area contributed by atoms with Crippen LogP contribution in [0.15, 0.2) is 10.8 Å². The smallest absolute Gasteiger partial charge is 0.232 e. The van der Waals surface area contributed by atoms with Crippen molar-refractivity contribution in [3.8, 4) is 5.95 Å². The number of halogens is 1. The molecule has 0 N–H and O–H groups in total. The fraction of sp³-hybridized carbons (Fsp3) is 0.500. The van der Waals surface area contributed by atoms with Crippen LogP contribution in [0.1, 0.15) is 25.2 Å². The minimum absolute atomic E-state index is 0.584. The summed E-state index contributed by atoms with van der Waals surface area (Å²) < 4.78 is 4.16. The standard InChI is InChI=1S/C10H14BrN5/c1-4-7-6-8(5-2)16(13-7)10-12-9(11)14-15(10)3/h6H,4-5H2,1-3H3. The van der Waals surface area contributed by atoms with Crippen LogP contribution in [-0.2, 0) is 19.9 Å². The van der Waals surface area contributed by atoms with Crippen molar-refractivity contribution in [1.82, 2.24) is 24.5 Å². The molecule has 0 radical (unpaired) electrons. The number of rotatable bonds is 3. The minimum atomic E-state index is 0.584. The Kier molecular flexibility index (Phi) is 3.09. The van der Waals surface area contributed by atoms with E-state index in [1.165, 1.54) is 0 Å². The molecule has 0 saturated carbocycles. The Hall–Kier alpha value is -1.17. The van der Waals surface area contributed by atoms with Crippen molar-refractivity contribution in [3.05, 3.63) is 22.2 Å². The van der Waals surface area contributed by atoms with Crippen LogP contribution >= 0.6 is 15.9 Å². The second-order valence-electron chi connectivity index (χ2n) is 3.55. The third kappa shape index (κ3) is 1.89. The highest BCUT2D eigenvalue weighted by Gasteiger charge is 2.13. The molecule has 86 valence electrons. The van der Waals surface area contributed by atoms with Gasteiger partial charge in [0.05, 0.1) is 5.69 Å². The van der Waals surface area contributed by atoms with Gasteiger partial charge in [-0.2, -0.15) is 10.1 Å². The van der Waals surface area contributed by atoms with Crippen LogP contribution in [0, 0.1) is 0 Å². The van der Waals surface area contributed by atoms with E-state index in [2.05, 4.69) is 51.0 Å². The lowest BCUT2D eigenvalue weighted by molar-refractivity contribution is 0.665. The molecular formula is C10H14BrN5. The molecule has 0 amide bonds. The molecule has 0 aliphatic carbocycles. The van der Waals surface area contributed by atoms with E-state index in [4.69, 9.17) is 0 Å². The Bertz CT molecular complexity index is 499. The summed E-state index contributed by atoms with van der Waals surface area (Å²) in [6.07, 6.45) is 1.86. The Morgan fingerprint density at radius 2 is 2.00 bits per heavy atom. The molecule has 2 rings (SSSR count). The summed E-state index contributed by atoms with van der Waals surface area (Å²) in [5, 5.41) is 8.68. The van der Waals surface area contributed by atoms with Gasteiger partial charge in [0.15, 0.2) is 0 Å². The summed E-state index contributed by atoms with van der Waals surface area (Å²) >= 11 is 3.27. The van der Waals surface area contributed by atoms with E-state index in [1.807, 2.05) is 11.7 Å². The topological polar surface area (TPSA) is 48.5 Å². The lowest BCUT2D eigenvalue weighted by atomic mass is 10.3. The normalized spacial score (nSPS) is 11.0. The van der Waals surface area contributed by atoms with E-state index in [9.17, 15) is 0 Å². The molecule has 0 bridgehead atoms. The van der Waals surface area contributed by atoms with Crippen LogP contribution < -0.4 is 0 Å². The van der Waals surface area contributed by atoms with Gasteiger partial charge in [0, 0.05) is 12.7 Å². The molecule has 0 aliphatic heterocycles. The average Bonchev–Trinajstić information content (AvgIpc) is 2.81. The zero-order valence-electron chi connectivity index (χ0n) is 9.61. The first-order chi connectivity index (χ1) is 7.65. The van der Waals surface area contributed by atoms with E-state index in [-0.39, 0.29) is 0 Å². The summed E-state index contributed by atoms with van der Waals surface area (Å²) in [6, 6.07) is 2.11. The van der Waals surface area contributed by atoms with Crippen LogP contribution in [-0.4, -0.2) is 24.5 Å². The highest BCUT2D eigenvalue weighted by atomic mass is 79.9. The predicted molar refractivity (Wildman–Crippen MR) is 64.6 cm³/mol. The first-order valence-electron chi connectivity index (χ1n) is 5.30. The zero-order chi connectivity index (χ0) is 11.7. The van der Waals surface area contributed by atoms with Crippen LogP contribution in [0.5, 0.6) is 0 Å². The quantitative estimate of drug-likeness (QED) is 0.864. The summed E-state index contributed by atoms with van der Waals surface area (Å²) in [5.74, 6) is 0.739. The summed E-state index contributed by atoms with van der Waals surface area (Å²) in [6.45, 7) is 4.21. The highest BCUT2D eigenvalue weighted by Crippen LogP contribution is 2.13. The van der Waals surface area contributed by atoms with Gasteiger partial charge in [0.25, 0.3) is 0 Å². The van der Waals surface area contributed by atoms with Crippen LogP contribution in [0.4, 0.5) is 0 Å². The van der Waals surface area contributed by atoms with Crippen molar-refractivity contribution in [1.29, 1.82) is 0 Å². The van der Waals surface area contributed by atoms with Gasteiger partial charge in [0.2, 0.25) is 10.7 Å². The molecule has 0 saturated heterocycles. The van der Waals surface area contributed by atoms with Crippen molar-refractivity contribution < 1.29 is 0 Å². The van der Waals surface area contributed by atoms with Gasteiger partial charge in [-0.25, -0.2) is 9.36 Å². The maximum Gasteiger partial charge on any atom is 0.249 e. The van der Waals surface area contributed by atoms with Gasteiger partial charge >= 0.3 is 0 Å². The van der Waals surface area contributed by atoms with E-state index in [1.54, 1.807) is 4.68 Å². The van der Waals surface area contributed by atoms with Crippen molar-refractivity contribution >= 4 is 15.9 Å². The van der Waals surface area contributed by atoms with E-state index >= 15 is 0 Å². The lowest BCUT2D eigenvalue weighted by Gasteiger charge is -2.02. The van der Waals surface area contributed by atoms with Gasteiger partial charge in [0.1, 0.15) is 0 Å². The first-order valence-corrected chi connectivity index (χ1v) is 6.09. The first kappa shape index (κ1) is 11.3. The Labute approximate surface area is 103 Å². The van der Waals surface area contributed by atoms with Crippen LogP contribution in [0.3, 0.4) is 0 Å². The van der Waals surface area contributed by atoms with E-state index in [0.29, 0.717) is 4.73 Å². The van der Waals surface area contributed by atoms with Gasteiger partial charge in [-0.05, 0) is 34.8 Å². The SMILES string of the molecule is CCc1cc(CC)n(-c2nc(Br)nn2C)n1. The third-order valence-electron chi connectivity index (χ3n) is 2.46. The molecule has 0 spiro atoms. The Morgan fingerprint density at radius 1 is 1.25 bits per heavy atom. The number of nitrogens with zero attached hydrogens (tertiary/aromatic N) is 5. The molecule has 0 fully saturated rings. The number of aromatic nitrogens is 5. The fourth-order valence-corrected chi connectivity index (χ4v) is 2.00. The molecule has 0 atom stereocenters. The Morgan fingerprint density at radius 3 is 2.50 bits per heavy atom. The van der Waals surface area contributed by atoms with Crippen molar-refractivity contribution in [3.63, 3.8) is 0 Å². The van der Waals surface area contributed by atoms with Crippen molar-refractivity contribution in [2.45, 2.75) is 26.7 Å². The molecule has 16 heavy (non-hydrogen) atoms. The molecule has 6 heteroatoms. The molecule has 5 nitrogen and oxygen atoms in total. The number of aryl methyl sites for hydroxylation is 3. The average molecular weight is 284 g/mol. The Balaban J connectivity index is 2.54. The second-order valence-corrected chi connectivity index (χ2v) is 4.26. The molecular weight excluding hydrogens is 270 g/mol. The highest BCUT2D eigenvalue weighted by molar-refractivity contribution is 9.10. The largest absolute Gasteiger partial charge is 0.249 e. The summed E-state index contributed by atoms with van der Waals surface area (Å²) in [5.41, 5.74) is 2.23. The summed E-state index contributed by atoms with van der Waals surface area (Å²) in [7, 11) is 1.86. The maximum atomic E-state index is 4.52. The van der Waals surface area contributed by atoms with Gasteiger partial charge in [-0.1, -0.05) is 13.8 Å². The van der Waals surface area contributed by atoms with Crippen molar-refractivity contribution in [2.75, 3.05) is 0 Å². The third-order valence-corrected chi connectivity index (χ3v) is 2.80. The molecule has 2 aromatic heterocycles. The zero-order valence-corrected chi connectivity index (χ0v) is 11.2. The molecule has 0 aliphatic rings. The minimum Gasteiger partial charge on any atom is -0.232 e. The maximum absolute atomic E-state index is 4.52. The van der Waals surface area contributed by atoms with E-state index in [0.717, 1.165) is 30.2 Å². The van der Waals surface area contributed by atoms with Crippen LogP contribution in [0.25, 0.3) is 5.95 Å². The van der Waals surface area contributed by atoms with Gasteiger partial charge in [-0.3, -0.25) is 0 Å². The fourth-order valence-electron chi connectivity index (χ4n) is 1.60.